The molecule has 5 nitrogen and oxygen atoms in total. The van der Waals surface area contributed by atoms with E-state index in [-0.39, 0.29) is 23.9 Å². The Morgan fingerprint density at radius 2 is 1.77 bits per heavy atom. The minimum absolute atomic E-state index is 0.0470. The minimum Gasteiger partial charge on any atom is -0.461 e. The molecule has 1 N–H and O–H groups in total. The van der Waals surface area contributed by atoms with Gasteiger partial charge in [-0.1, -0.05) is 30.3 Å². The van der Waals surface area contributed by atoms with E-state index in [1.165, 1.54) is 0 Å². The number of likely N-dealkylation sites (N-methyl/N-ethyl adjacent to an activating group) is 1. The second-order valence-corrected chi connectivity index (χ2v) is 7.34. The molecule has 5 heteroatoms. The fraction of sp³-hybridized carbons (Fsp3) is 0.429. The Morgan fingerprint density at radius 3 is 2.38 bits per heavy atom. The number of carbonyl (C=O) groups excluding carboxylic acids is 2. The van der Waals surface area contributed by atoms with Crippen molar-refractivity contribution in [2.75, 3.05) is 13.1 Å². The third-order valence-corrected chi connectivity index (χ3v) is 3.89. The van der Waals surface area contributed by atoms with Gasteiger partial charge in [0, 0.05) is 30.5 Å². The summed E-state index contributed by atoms with van der Waals surface area (Å²) in [6.45, 7) is 8.23. The highest BCUT2D eigenvalue weighted by atomic mass is 16.3. The van der Waals surface area contributed by atoms with E-state index < -0.39 is 0 Å². The fourth-order valence-electron chi connectivity index (χ4n) is 2.67. The van der Waals surface area contributed by atoms with Gasteiger partial charge in [-0.25, -0.2) is 0 Å². The first-order valence-corrected chi connectivity index (χ1v) is 9.01. The first-order valence-electron chi connectivity index (χ1n) is 9.01. The molecule has 1 aromatic carbocycles. The van der Waals surface area contributed by atoms with E-state index >= 15 is 0 Å². The van der Waals surface area contributed by atoms with Gasteiger partial charge in [0.25, 0.3) is 0 Å². The van der Waals surface area contributed by atoms with E-state index in [2.05, 4.69) is 5.32 Å². The second kappa shape index (κ2) is 8.70. The molecule has 0 aliphatic rings. The molecule has 0 aliphatic heterocycles. The summed E-state index contributed by atoms with van der Waals surface area (Å²) in [6, 6.07) is 13.7. The number of carbonyl (C=O) groups is 2. The van der Waals surface area contributed by atoms with Crippen molar-refractivity contribution in [1.29, 1.82) is 0 Å². The molecular weight excluding hydrogens is 328 g/mol. The van der Waals surface area contributed by atoms with Crippen LogP contribution in [0.2, 0.25) is 0 Å². The Kier molecular flexibility index (Phi) is 6.61. The van der Waals surface area contributed by atoms with E-state index in [1.807, 2.05) is 70.2 Å². The monoisotopic (exact) mass is 356 g/mol. The zero-order valence-corrected chi connectivity index (χ0v) is 16.0. The Morgan fingerprint density at radius 1 is 1.08 bits per heavy atom. The van der Waals surface area contributed by atoms with Crippen LogP contribution < -0.4 is 5.32 Å². The number of benzene rings is 1. The Balaban J connectivity index is 1.89. The SMILES string of the molecule is CCN(CC(=O)NC(C)(C)C)C(=O)CCc1ccc(-c2ccccc2)o1. The van der Waals surface area contributed by atoms with Gasteiger partial charge < -0.3 is 14.6 Å². The molecule has 0 aliphatic carbocycles. The number of rotatable bonds is 7. The van der Waals surface area contributed by atoms with Crippen molar-refractivity contribution in [2.45, 2.75) is 46.1 Å². The van der Waals surface area contributed by atoms with Crippen molar-refractivity contribution >= 4 is 11.8 Å². The molecule has 0 unspecified atom stereocenters. The summed E-state index contributed by atoms with van der Waals surface area (Å²) in [6.07, 6.45) is 0.835. The molecule has 0 fully saturated rings. The van der Waals surface area contributed by atoms with Gasteiger partial charge in [-0.05, 0) is 39.8 Å². The summed E-state index contributed by atoms with van der Waals surface area (Å²) in [7, 11) is 0. The van der Waals surface area contributed by atoms with E-state index in [1.54, 1.807) is 4.90 Å². The zero-order valence-electron chi connectivity index (χ0n) is 16.0. The highest BCUT2D eigenvalue weighted by molar-refractivity contribution is 5.85. The predicted octanol–water partition coefficient (Wildman–Crippen LogP) is 3.64. The lowest BCUT2D eigenvalue weighted by Gasteiger charge is -2.25. The molecule has 0 radical (unpaired) electrons. The number of furan rings is 1. The lowest BCUT2D eigenvalue weighted by molar-refractivity contribution is -0.136. The summed E-state index contributed by atoms with van der Waals surface area (Å²) in [5, 5.41) is 2.88. The Hall–Kier alpha value is -2.56. The maximum absolute atomic E-state index is 12.4. The standard InChI is InChI=1S/C21H28N2O3/c1-5-23(15-19(24)22-21(2,3)4)20(25)14-12-17-11-13-18(26-17)16-9-7-6-8-10-16/h6-11,13H,5,12,14-15H2,1-4H3,(H,22,24). The summed E-state index contributed by atoms with van der Waals surface area (Å²) in [5.41, 5.74) is 0.709. The van der Waals surface area contributed by atoms with Gasteiger partial charge in [-0.3, -0.25) is 9.59 Å². The van der Waals surface area contributed by atoms with Crippen LogP contribution in [-0.2, 0) is 16.0 Å². The maximum atomic E-state index is 12.4. The number of hydrogen-bond donors (Lipinski definition) is 1. The van der Waals surface area contributed by atoms with E-state index in [0.29, 0.717) is 19.4 Å². The van der Waals surface area contributed by atoms with Crippen LogP contribution in [-0.4, -0.2) is 35.3 Å². The largest absolute Gasteiger partial charge is 0.461 e. The van der Waals surface area contributed by atoms with E-state index in [9.17, 15) is 9.59 Å². The molecule has 2 rings (SSSR count). The summed E-state index contributed by atoms with van der Waals surface area (Å²) in [5.74, 6) is 1.38. The van der Waals surface area contributed by atoms with Crippen LogP contribution in [0, 0.1) is 0 Å². The lowest BCUT2D eigenvalue weighted by atomic mass is 10.1. The molecular formula is C21H28N2O3. The molecule has 0 bridgehead atoms. The Labute approximate surface area is 155 Å². The van der Waals surface area contributed by atoms with Crippen molar-refractivity contribution in [3.05, 3.63) is 48.2 Å². The van der Waals surface area contributed by atoms with Crippen molar-refractivity contribution in [1.82, 2.24) is 10.2 Å². The normalized spacial score (nSPS) is 11.2. The van der Waals surface area contributed by atoms with Gasteiger partial charge >= 0.3 is 0 Å². The van der Waals surface area contributed by atoms with Crippen LogP contribution in [0.25, 0.3) is 11.3 Å². The van der Waals surface area contributed by atoms with Crippen LogP contribution in [0.5, 0.6) is 0 Å². The summed E-state index contributed by atoms with van der Waals surface area (Å²) >= 11 is 0. The molecule has 2 amide bonds. The first-order chi connectivity index (χ1) is 12.3. The second-order valence-electron chi connectivity index (χ2n) is 7.34. The zero-order chi connectivity index (χ0) is 19.2. The molecule has 26 heavy (non-hydrogen) atoms. The molecule has 140 valence electrons. The molecule has 1 aromatic heterocycles. The number of nitrogens with one attached hydrogen (secondary N) is 1. The van der Waals surface area contributed by atoms with Crippen LogP contribution >= 0.6 is 0 Å². The van der Waals surface area contributed by atoms with Crippen LogP contribution in [0.4, 0.5) is 0 Å². The van der Waals surface area contributed by atoms with Gasteiger partial charge in [0.2, 0.25) is 11.8 Å². The van der Waals surface area contributed by atoms with E-state index in [4.69, 9.17) is 4.42 Å². The van der Waals surface area contributed by atoms with Gasteiger partial charge in [-0.15, -0.1) is 0 Å². The molecule has 0 saturated carbocycles. The Bertz CT molecular complexity index is 729. The van der Waals surface area contributed by atoms with Crippen LogP contribution in [0.15, 0.2) is 46.9 Å². The maximum Gasteiger partial charge on any atom is 0.240 e. The molecule has 2 aromatic rings. The summed E-state index contributed by atoms with van der Waals surface area (Å²) < 4.78 is 5.83. The third-order valence-electron chi connectivity index (χ3n) is 3.89. The molecule has 1 heterocycles. The average Bonchev–Trinajstić information content (AvgIpc) is 3.06. The fourth-order valence-corrected chi connectivity index (χ4v) is 2.67. The number of aryl methyl sites for hydroxylation is 1. The number of nitrogens with zero attached hydrogens (tertiary/aromatic N) is 1. The van der Waals surface area contributed by atoms with Crippen LogP contribution in [0.1, 0.15) is 39.9 Å². The third kappa shape index (κ3) is 6.06. The lowest BCUT2D eigenvalue weighted by Crippen LogP contribution is -2.47. The van der Waals surface area contributed by atoms with Crippen molar-refractivity contribution < 1.29 is 14.0 Å². The van der Waals surface area contributed by atoms with Gasteiger partial charge in [0.15, 0.2) is 0 Å². The van der Waals surface area contributed by atoms with Crippen molar-refractivity contribution in [2.24, 2.45) is 0 Å². The van der Waals surface area contributed by atoms with Gasteiger partial charge in [-0.2, -0.15) is 0 Å². The quantitative estimate of drug-likeness (QED) is 0.824. The van der Waals surface area contributed by atoms with Gasteiger partial charge in [0.1, 0.15) is 11.5 Å². The molecule has 0 spiro atoms. The average molecular weight is 356 g/mol. The first kappa shape index (κ1) is 19.8. The van der Waals surface area contributed by atoms with Gasteiger partial charge in [0.05, 0.1) is 6.54 Å². The predicted molar refractivity (Wildman–Crippen MR) is 103 cm³/mol. The van der Waals surface area contributed by atoms with Crippen LogP contribution in [0.3, 0.4) is 0 Å². The topological polar surface area (TPSA) is 62.6 Å². The van der Waals surface area contributed by atoms with Crippen molar-refractivity contribution in [3.8, 4) is 11.3 Å². The van der Waals surface area contributed by atoms with E-state index in [0.717, 1.165) is 17.1 Å². The molecule has 0 saturated heterocycles. The van der Waals surface area contributed by atoms with Crippen molar-refractivity contribution in [3.63, 3.8) is 0 Å². The highest BCUT2D eigenvalue weighted by Gasteiger charge is 2.19. The summed E-state index contributed by atoms with van der Waals surface area (Å²) in [4.78, 5) is 26.0. The number of hydrogen-bond acceptors (Lipinski definition) is 3. The number of amides is 2. The molecule has 0 atom stereocenters. The minimum atomic E-state index is -0.304. The highest BCUT2D eigenvalue weighted by Crippen LogP contribution is 2.22. The smallest absolute Gasteiger partial charge is 0.240 e.